The first-order chi connectivity index (χ1) is 16.8. The normalized spacial score (nSPS) is 13.3. The van der Waals surface area contributed by atoms with Gasteiger partial charge in [-0.2, -0.15) is 0 Å². The van der Waals surface area contributed by atoms with Crippen molar-refractivity contribution >= 4 is 11.7 Å². The van der Waals surface area contributed by atoms with E-state index in [4.69, 9.17) is 4.74 Å². The minimum Gasteiger partial charge on any atom is -0.457 e. The number of pyridine rings is 1. The second kappa shape index (κ2) is 9.25. The summed E-state index contributed by atoms with van der Waals surface area (Å²) >= 11 is 0. The Morgan fingerprint density at radius 2 is 1.86 bits per heavy atom. The number of carbonyl (C=O) groups excluding carboxylic acids is 1. The van der Waals surface area contributed by atoms with E-state index in [2.05, 4.69) is 53.2 Å². The van der Waals surface area contributed by atoms with Crippen molar-refractivity contribution in [3.8, 4) is 23.0 Å². The highest BCUT2D eigenvalue weighted by atomic mass is 16.5. The maximum absolute atomic E-state index is 13.0. The van der Waals surface area contributed by atoms with Crippen LogP contribution in [0.15, 0.2) is 73.2 Å². The first-order valence-electron chi connectivity index (χ1n) is 11.8. The number of H-pyrrole nitrogens is 1. The lowest BCUT2D eigenvalue weighted by atomic mass is 9.87. The number of nitrogens with zero attached hydrogens (tertiary/aromatic N) is 3. The van der Waals surface area contributed by atoms with Crippen molar-refractivity contribution in [2.45, 2.75) is 39.2 Å². The van der Waals surface area contributed by atoms with E-state index in [0.717, 1.165) is 23.4 Å². The number of amides is 2. The van der Waals surface area contributed by atoms with E-state index in [1.54, 1.807) is 18.6 Å². The Balaban J connectivity index is 1.28. The molecule has 0 saturated heterocycles. The van der Waals surface area contributed by atoms with Crippen LogP contribution >= 0.6 is 0 Å². The maximum Gasteiger partial charge on any atom is 0.322 e. The summed E-state index contributed by atoms with van der Waals surface area (Å²) in [6.07, 6.45) is 5.96. The van der Waals surface area contributed by atoms with Gasteiger partial charge in [0, 0.05) is 43.4 Å². The van der Waals surface area contributed by atoms with Crippen molar-refractivity contribution in [1.29, 1.82) is 0 Å². The van der Waals surface area contributed by atoms with E-state index in [0.29, 0.717) is 30.4 Å². The van der Waals surface area contributed by atoms with Crippen molar-refractivity contribution in [3.63, 3.8) is 0 Å². The van der Waals surface area contributed by atoms with Crippen LogP contribution in [0.4, 0.5) is 10.5 Å². The third-order valence-corrected chi connectivity index (χ3v) is 6.17. The molecule has 7 nitrogen and oxygen atoms in total. The minimum atomic E-state index is -0.0924. The summed E-state index contributed by atoms with van der Waals surface area (Å²) in [5, 5.41) is 3.07. The van der Waals surface area contributed by atoms with Crippen LogP contribution in [0.1, 0.15) is 37.5 Å². The molecule has 0 bridgehead atoms. The Morgan fingerprint density at radius 1 is 1.00 bits per heavy atom. The summed E-state index contributed by atoms with van der Waals surface area (Å²) in [5.74, 6) is 2.09. The van der Waals surface area contributed by atoms with Gasteiger partial charge in [0.2, 0.25) is 0 Å². The largest absolute Gasteiger partial charge is 0.457 e. The number of imidazole rings is 1. The number of anilines is 1. The van der Waals surface area contributed by atoms with Crippen molar-refractivity contribution < 1.29 is 9.53 Å². The number of benzene rings is 2. The predicted molar refractivity (Wildman–Crippen MR) is 137 cm³/mol. The smallest absolute Gasteiger partial charge is 0.322 e. The maximum atomic E-state index is 13.0. The molecular weight excluding hydrogens is 438 g/mol. The zero-order chi connectivity index (χ0) is 24.4. The van der Waals surface area contributed by atoms with E-state index < -0.39 is 0 Å². The van der Waals surface area contributed by atoms with Gasteiger partial charge >= 0.3 is 6.03 Å². The molecule has 0 unspecified atom stereocenters. The summed E-state index contributed by atoms with van der Waals surface area (Å²) < 4.78 is 6.12. The van der Waals surface area contributed by atoms with Crippen LogP contribution in [0.2, 0.25) is 0 Å². The van der Waals surface area contributed by atoms with E-state index >= 15 is 0 Å². The van der Waals surface area contributed by atoms with Gasteiger partial charge < -0.3 is 19.9 Å². The summed E-state index contributed by atoms with van der Waals surface area (Å²) in [6.45, 7) is 7.71. The fourth-order valence-electron chi connectivity index (χ4n) is 4.18. The van der Waals surface area contributed by atoms with Gasteiger partial charge in [-0.15, -0.1) is 0 Å². The van der Waals surface area contributed by atoms with Crippen LogP contribution in [0.3, 0.4) is 0 Å². The molecule has 0 spiro atoms. The molecule has 1 aliphatic rings. The molecule has 2 N–H and O–H groups in total. The minimum absolute atomic E-state index is 0.0226. The third-order valence-electron chi connectivity index (χ3n) is 6.17. The number of ether oxygens (including phenoxy) is 1. The lowest BCUT2D eigenvalue weighted by Crippen LogP contribution is -2.38. The highest BCUT2D eigenvalue weighted by Gasteiger charge is 2.22. The average Bonchev–Trinajstić information content (AvgIpc) is 3.39. The third kappa shape index (κ3) is 5.19. The summed E-state index contributed by atoms with van der Waals surface area (Å²) in [4.78, 5) is 26.5. The summed E-state index contributed by atoms with van der Waals surface area (Å²) in [5.41, 5.74) is 5.07. The van der Waals surface area contributed by atoms with Crippen molar-refractivity contribution in [2.24, 2.45) is 0 Å². The number of aromatic amines is 1. The lowest BCUT2D eigenvalue weighted by molar-refractivity contribution is 0.206. The highest BCUT2D eigenvalue weighted by Crippen LogP contribution is 2.29. The van der Waals surface area contributed by atoms with Gasteiger partial charge in [-0.1, -0.05) is 39.0 Å². The molecule has 35 heavy (non-hydrogen) atoms. The Morgan fingerprint density at radius 3 is 2.66 bits per heavy atom. The standard InChI is InChI=1S/C28H29N5O2/c1-28(2,3)21-5-4-6-22(16-21)32-27(34)33-14-10-19-7-8-23(15-20(19)18-33)35-24-9-11-29-25(17-24)26-30-12-13-31-26/h4-9,11-13,15-17H,10,14,18H2,1-3H3,(H,30,31)(H,32,34). The number of urea groups is 1. The SMILES string of the molecule is CC(C)(C)c1cccc(NC(=O)N2CCc3ccc(Oc4ccnc(-c5ncc[nH]5)c4)cc3C2)c1. The quantitative estimate of drug-likeness (QED) is 0.377. The molecule has 0 fully saturated rings. The van der Waals surface area contributed by atoms with Crippen LogP contribution in [0.25, 0.3) is 11.5 Å². The topological polar surface area (TPSA) is 83.1 Å². The van der Waals surface area contributed by atoms with Gasteiger partial charge in [0.1, 0.15) is 17.2 Å². The molecule has 178 valence electrons. The Labute approximate surface area is 205 Å². The molecule has 2 amide bonds. The first kappa shape index (κ1) is 22.7. The predicted octanol–water partition coefficient (Wildman–Crippen LogP) is 6.15. The Kier molecular flexibility index (Phi) is 5.99. The van der Waals surface area contributed by atoms with Gasteiger partial charge in [0.25, 0.3) is 0 Å². The number of rotatable bonds is 4. The van der Waals surface area contributed by atoms with Crippen LogP contribution in [-0.4, -0.2) is 32.4 Å². The molecular formula is C28H29N5O2. The number of nitrogens with one attached hydrogen (secondary N) is 2. The fourth-order valence-corrected chi connectivity index (χ4v) is 4.18. The van der Waals surface area contributed by atoms with Gasteiger partial charge in [-0.3, -0.25) is 4.98 Å². The molecule has 7 heteroatoms. The molecule has 0 atom stereocenters. The fraction of sp³-hybridized carbons (Fsp3) is 0.250. The van der Waals surface area contributed by atoms with Crippen LogP contribution < -0.4 is 10.1 Å². The molecule has 2 aromatic heterocycles. The number of hydrogen-bond donors (Lipinski definition) is 2. The van der Waals surface area contributed by atoms with Crippen LogP contribution in [0, 0.1) is 0 Å². The van der Waals surface area contributed by atoms with E-state index in [1.165, 1.54) is 11.1 Å². The zero-order valence-corrected chi connectivity index (χ0v) is 20.2. The molecule has 0 aliphatic carbocycles. The van der Waals surface area contributed by atoms with Crippen molar-refractivity contribution in [1.82, 2.24) is 19.9 Å². The number of aromatic nitrogens is 3. The molecule has 0 radical (unpaired) electrons. The van der Waals surface area contributed by atoms with E-state index in [1.807, 2.05) is 47.4 Å². The molecule has 0 saturated carbocycles. The van der Waals surface area contributed by atoms with E-state index in [9.17, 15) is 4.79 Å². The molecule has 3 heterocycles. The van der Waals surface area contributed by atoms with Crippen LogP contribution in [-0.2, 0) is 18.4 Å². The molecule has 2 aromatic carbocycles. The van der Waals surface area contributed by atoms with Gasteiger partial charge in [0.05, 0.1) is 0 Å². The van der Waals surface area contributed by atoms with Crippen molar-refractivity contribution in [2.75, 3.05) is 11.9 Å². The highest BCUT2D eigenvalue weighted by molar-refractivity contribution is 5.89. The van der Waals surface area contributed by atoms with E-state index in [-0.39, 0.29) is 11.4 Å². The number of fused-ring (bicyclic) bond motifs is 1. The molecule has 4 aromatic rings. The average molecular weight is 468 g/mol. The Bertz CT molecular complexity index is 1340. The lowest BCUT2D eigenvalue weighted by Gasteiger charge is -2.29. The van der Waals surface area contributed by atoms with Crippen molar-refractivity contribution in [3.05, 3.63) is 89.9 Å². The van der Waals surface area contributed by atoms with Crippen LogP contribution in [0.5, 0.6) is 11.5 Å². The molecule has 5 rings (SSSR count). The molecule has 1 aliphatic heterocycles. The monoisotopic (exact) mass is 467 g/mol. The Hall–Kier alpha value is -4.13. The van der Waals surface area contributed by atoms with Gasteiger partial charge in [0.15, 0.2) is 5.82 Å². The zero-order valence-electron chi connectivity index (χ0n) is 20.2. The van der Waals surface area contributed by atoms with Gasteiger partial charge in [-0.05, 0) is 58.9 Å². The number of hydrogen-bond acceptors (Lipinski definition) is 4. The second-order valence-electron chi connectivity index (χ2n) is 9.78. The second-order valence-corrected chi connectivity index (χ2v) is 9.78. The first-order valence-corrected chi connectivity index (χ1v) is 11.8. The summed E-state index contributed by atoms with van der Waals surface area (Å²) in [6, 6.07) is 17.7. The summed E-state index contributed by atoms with van der Waals surface area (Å²) in [7, 11) is 0. The van der Waals surface area contributed by atoms with Gasteiger partial charge in [-0.25, -0.2) is 9.78 Å². The number of carbonyl (C=O) groups is 1.